The van der Waals surface area contributed by atoms with Crippen LogP contribution in [0.2, 0.25) is 10.0 Å². The van der Waals surface area contributed by atoms with E-state index in [0.29, 0.717) is 21.6 Å². The van der Waals surface area contributed by atoms with Gasteiger partial charge in [0, 0.05) is 15.8 Å². The Labute approximate surface area is 181 Å². The number of aromatic nitrogens is 1. The minimum Gasteiger partial charge on any atom is -0.459 e. The molecular weight excluding hydrogens is 453 g/mol. The van der Waals surface area contributed by atoms with E-state index in [0.717, 1.165) is 5.56 Å². The molecule has 0 fully saturated rings. The molecule has 0 unspecified atom stereocenters. The van der Waals surface area contributed by atoms with Crippen molar-refractivity contribution in [3.63, 3.8) is 0 Å². The molecule has 0 bridgehead atoms. The van der Waals surface area contributed by atoms with Crippen molar-refractivity contribution in [1.29, 1.82) is 0 Å². The first-order valence-corrected chi connectivity index (χ1v) is 11.6. The lowest BCUT2D eigenvalue weighted by atomic mass is 10.2. The SMILES string of the molecule is O=S(=O)(c1ccc(Cl)cc1)c1nc(-c2ccco2)oc1SCc1ccccc1Cl. The van der Waals surface area contributed by atoms with Gasteiger partial charge >= 0.3 is 0 Å². The summed E-state index contributed by atoms with van der Waals surface area (Å²) in [6.45, 7) is 0. The Morgan fingerprint density at radius 1 is 0.966 bits per heavy atom. The minimum absolute atomic E-state index is 0.0702. The number of hydrogen-bond donors (Lipinski definition) is 0. The van der Waals surface area contributed by atoms with Gasteiger partial charge in [0.1, 0.15) is 0 Å². The molecule has 2 aromatic heterocycles. The van der Waals surface area contributed by atoms with Gasteiger partial charge in [0.15, 0.2) is 5.76 Å². The fraction of sp³-hybridized carbons (Fsp3) is 0.0500. The lowest BCUT2D eigenvalue weighted by Gasteiger charge is -2.05. The van der Waals surface area contributed by atoms with Crippen LogP contribution in [0.1, 0.15) is 5.56 Å². The molecule has 0 spiro atoms. The Morgan fingerprint density at radius 2 is 1.72 bits per heavy atom. The molecule has 0 N–H and O–H groups in total. The number of nitrogens with zero attached hydrogens (tertiary/aromatic N) is 1. The van der Waals surface area contributed by atoms with Crippen molar-refractivity contribution in [2.24, 2.45) is 0 Å². The summed E-state index contributed by atoms with van der Waals surface area (Å²) < 4.78 is 37.5. The van der Waals surface area contributed by atoms with Crippen molar-refractivity contribution in [3.8, 4) is 11.7 Å². The van der Waals surface area contributed by atoms with Gasteiger partial charge in [-0.1, -0.05) is 53.2 Å². The summed E-state index contributed by atoms with van der Waals surface area (Å²) in [7, 11) is -3.93. The molecule has 0 saturated heterocycles. The molecular formula is C20H13Cl2NO4S2. The summed E-state index contributed by atoms with van der Waals surface area (Å²) in [6.07, 6.45) is 1.46. The maximum atomic E-state index is 13.2. The second-order valence-electron chi connectivity index (χ2n) is 5.93. The van der Waals surface area contributed by atoms with Gasteiger partial charge in [0.25, 0.3) is 5.89 Å². The fourth-order valence-corrected chi connectivity index (χ4v) is 5.48. The van der Waals surface area contributed by atoms with E-state index in [1.54, 1.807) is 18.2 Å². The van der Waals surface area contributed by atoms with E-state index in [1.807, 2.05) is 18.2 Å². The molecule has 29 heavy (non-hydrogen) atoms. The fourth-order valence-electron chi connectivity index (χ4n) is 2.54. The molecule has 0 saturated carbocycles. The lowest BCUT2D eigenvalue weighted by Crippen LogP contribution is -2.04. The molecule has 0 radical (unpaired) electrons. The van der Waals surface area contributed by atoms with Crippen molar-refractivity contribution in [2.75, 3.05) is 0 Å². The van der Waals surface area contributed by atoms with Crippen LogP contribution >= 0.6 is 35.0 Å². The highest BCUT2D eigenvalue weighted by molar-refractivity contribution is 7.99. The topological polar surface area (TPSA) is 73.3 Å². The maximum absolute atomic E-state index is 13.2. The van der Waals surface area contributed by atoms with Crippen molar-refractivity contribution in [1.82, 2.24) is 4.98 Å². The van der Waals surface area contributed by atoms with Gasteiger partial charge < -0.3 is 8.83 Å². The van der Waals surface area contributed by atoms with E-state index < -0.39 is 9.84 Å². The van der Waals surface area contributed by atoms with Crippen LogP contribution in [0.25, 0.3) is 11.7 Å². The summed E-state index contributed by atoms with van der Waals surface area (Å²) in [5, 5.41) is 1.01. The first-order valence-electron chi connectivity index (χ1n) is 8.37. The number of oxazole rings is 1. The third kappa shape index (κ3) is 4.23. The highest BCUT2D eigenvalue weighted by Crippen LogP contribution is 2.37. The predicted molar refractivity (Wildman–Crippen MR) is 112 cm³/mol. The van der Waals surface area contributed by atoms with Crippen LogP contribution in [-0.4, -0.2) is 13.4 Å². The number of sulfone groups is 1. The monoisotopic (exact) mass is 465 g/mol. The van der Waals surface area contributed by atoms with Crippen LogP contribution in [0.4, 0.5) is 0 Å². The number of rotatable bonds is 6. The van der Waals surface area contributed by atoms with Crippen molar-refractivity contribution < 1.29 is 17.3 Å². The standard InChI is InChI=1S/C20H13Cl2NO4S2/c21-14-7-9-15(10-8-14)29(24,25)19-20(27-18(23-19)17-6-3-11-26-17)28-12-13-4-1-2-5-16(13)22/h1-11H,12H2. The Balaban J connectivity index is 1.75. The summed E-state index contributed by atoms with van der Waals surface area (Å²) >= 11 is 13.3. The van der Waals surface area contributed by atoms with Crippen molar-refractivity contribution >= 4 is 44.8 Å². The van der Waals surface area contributed by atoms with Gasteiger partial charge in [-0.25, -0.2) is 8.42 Å². The molecule has 0 atom stereocenters. The van der Waals surface area contributed by atoms with E-state index in [2.05, 4.69) is 4.98 Å². The first-order chi connectivity index (χ1) is 13.9. The molecule has 0 amide bonds. The molecule has 4 aromatic rings. The molecule has 0 aliphatic rings. The number of benzene rings is 2. The van der Waals surface area contributed by atoms with Crippen LogP contribution in [-0.2, 0) is 15.6 Å². The minimum atomic E-state index is -3.93. The largest absolute Gasteiger partial charge is 0.459 e. The summed E-state index contributed by atoms with van der Waals surface area (Å²) in [6, 6.07) is 16.5. The van der Waals surface area contributed by atoms with Gasteiger partial charge in [0.05, 0.1) is 11.2 Å². The first kappa shape index (κ1) is 20.1. The average Bonchev–Trinajstić information content (AvgIpc) is 3.38. The third-order valence-electron chi connectivity index (χ3n) is 3.99. The van der Waals surface area contributed by atoms with Crippen LogP contribution in [0.5, 0.6) is 0 Å². The second-order valence-corrected chi connectivity index (χ2v) is 9.58. The van der Waals surface area contributed by atoms with Gasteiger partial charge in [-0.15, -0.1) is 0 Å². The molecule has 148 valence electrons. The summed E-state index contributed by atoms with van der Waals surface area (Å²) in [4.78, 5) is 4.29. The van der Waals surface area contributed by atoms with Crippen LogP contribution in [0.3, 0.4) is 0 Å². The molecule has 0 aliphatic heterocycles. The average molecular weight is 466 g/mol. The Hall–Kier alpha value is -2.19. The number of hydrogen-bond acceptors (Lipinski definition) is 6. The Morgan fingerprint density at radius 3 is 2.41 bits per heavy atom. The third-order valence-corrected chi connectivity index (χ3v) is 7.42. The van der Waals surface area contributed by atoms with Gasteiger partial charge in [-0.2, -0.15) is 4.98 Å². The van der Waals surface area contributed by atoms with Crippen LogP contribution < -0.4 is 0 Å². The predicted octanol–water partition coefficient (Wildman–Crippen LogP) is 6.37. The number of halogens is 2. The van der Waals surface area contributed by atoms with Gasteiger partial charge in [0.2, 0.25) is 20.0 Å². The maximum Gasteiger partial charge on any atom is 0.265 e. The van der Waals surface area contributed by atoms with Crippen molar-refractivity contribution in [3.05, 3.63) is 82.5 Å². The summed E-state index contributed by atoms with van der Waals surface area (Å²) in [5.41, 5.74) is 0.852. The van der Waals surface area contributed by atoms with E-state index >= 15 is 0 Å². The summed E-state index contributed by atoms with van der Waals surface area (Å²) in [5.74, 6) is 0.835. The Bertz CT molecular complexity index is 1230. The van der Waals surface area contributed by atoms with Gasteiger partial charge in [-0.05, 0) is 48.0 Å². The van der Waals surface area contributed by atoms with E-state index in [4.69, 9.17) is 32.0 Å². The quantitative estimate of drug-likeness (QED) is 0.308. The zero-order chi connectivity index (χ0) is 20.4. The zero-order valence-corrected chi connectivity index (χ0v) is 17.9. The van der Waals surface area contributed by atoms with Crippen molar-refractivity contribution in [2.45, 2.75) is 20.8 Å². The Kier molecular flexibility index (Phi) is 5.74. The van der Waals surface area contributed by atoms with E-state index in [9.17, 15) is 8.42 Å². The second kappa shape index (κ2) is 8.28. The van der Waals surface area contributed by atoms with E-state index in [1.165, 1.54) is 42.3 Å². The number of furan rings is 1. The molecule has 2 heterocycles. The molecule has 9 heteroatoms. The highest BCUT2D eigenvalue weighted by Gasteiger charge is 2.29. The van der Waals surface area contributed by atoms with Crippen LogP contribution in [0.15, 0.2) is 90.8 Å². The molecule has 2 aromatic carbocycles. The number of thioether (sulfide) groups is 1. The molecule has 0 aliphatic carbocycles. The van der Waals surface area contributed by atoms with Crippen LogP contribution in [0, 0.1) is 0 Å². The normalized spacial score (nSPS) is 11.7. The zero-order valence-electron chi connectivity index (χ0n) is 14.7. The smallest absolute Gasteiger partial charge is 0.265 e. The van der Waals surface area contributed by atoms with Gasteiger partial charge in [-0.3, -0.25) is 0 Å². The lowest BCUT2D eigenvalue weighted by molar-refractivity contribution is 0.451. The van der Waals surface area contributed by atoms with E-state index in [-0.39, 0.29) is 20.9 Å². The highest BCUT2D eigenvalue weighted by atomic mass is 35.5. The molecule has 5 nitrogen and oxygen atoms in total. The molecule has 4 rings (SSSR count).